The molecule has 1 heterocycles. The number of carbonyl (C=O) groups is 2. The highest BCUT2D eigenvalue weighted by Crippen LogP contribution is 2.20. The molecule has 1 aliphatic heterocycles. The van der Waals surface area contributed by atoms with E-state index in [9.17, 15) is 9.59 Å². The van der Waals surface area contributed by atoms with Gasteiger partial charge in [0, 0.05) is 31.2 Å². The average Bonchev–Trinajstić information content (AvgIpc) is 2.60. The number of benzene rings is 1. The van der Waals surface area contributed by atoms with Crippen LogP contribution in [0.3, 0.4) is 0 Å². The average molecular weight is 333 g/mol. The Kier molecular flexibility index (Phi) is 6.46. The molecule has 3 amide bonds. The molecule has 0 atom stereocenters. The van der Waals surface area contributed by atoms with Crippen LogP contribution in [0.5, 0.6) is 5.75 Å². The van der Waals surface area contributed by atoms with E-state index in [1.54, 1.807) is 24.1 Å². The molecular weight excluding hydrogens is 306 g/mol. The first-order valence-corrected chi connectivity index (χ1v) is 8.47. The number of piperidine rings is 1. The third kappa shape index (κ3) is 5.15. The zero-order valence-electron chi connectivity index (χ0n) is 14.7. The number of urea groups is 1. The largest absolute Gasteiger partial charge is 0.497 e. The van der Waals surface area contributed by atoms with Crippen molar-refractivity contribution < 1.29 is 14.3 Å². The summed E-state index contributed by atoms with van der Waals surface area (Å²) >= 11 is 0. The molecule has 6 nitrogen and oxygen atoms in total. The molecule has 24 heavy (non-hydrogen) atoms. The van der Waals surface area contributed by atoms with Crippen molar-refractivity contribution in [3.8, 4) is 5.75 Å². The van der Waals surface area contributed by atoms with Crippen molar-refractivity contribution in [3.05, 3.63) is 24.3 Å². The molecule has 1 aromatic rings. The number of nitrogens with zero attached hydrogens (tertiary/aromatic N) is 1. The molecule has 0 aromatic heterocycles. The summed E-state index contributed by atoms with van der Waals surface area (Å²) in [6.45, 7) is 6.05. The lowest BCUT2D eigenvalue weighted by Crippen LogP contribution is -2.45. The zero-order valence-corrected chi connectivity index (χ0v) is 14.7. The van der Waals surface area contributed by atoms with Gasteiger partial charge in [-0.05, 0) is 43.0 Å². The topological polar surface area (TPSA) is 70.7 Å². The Labute approximate surface area is 143 Å². The van der Waals surface area contributed by atoms with Gasteiger partial charge in [0.05, 0.1) is 7.11 Å². The Hall–Kier alpha value is -2.24. The molecule has 0 spiro atoms. The van der Waals surface area contributed by atoms with Crippen LogP contribution in [-0.2, 0) is 4.79 Å². The molecule has 0 unspecified atom stereocenters. The summed E-state index contributed by atoms with van der Waals surface area (Å²) in [7, 11) is 1.61. The second-order valence-electron chi connectivity index (χ2n) is 6.56. The Balaban J connectivity index is 1.78. The highest BCUT2D eigenvalue weighted by Gasteiger charge is 2.27. The van der Waals surface area contributed by atoms with Crippen molar-refractivity contribution in [2.75, 3.05) is 32.1 Å². The van der Waals surface area contributed by atoms with Crippen molar-refractivity contribution in [1.29, 1.82) is 0 Å². The van der Waals surface area contributed by atoms with Gasteiger partial charge in [-0.2, -0.15) is 0 Å². The predicted molar refractivity (Wildman–Crippen MR) is 94.2 cm³/mol. The molecule has 2 rings (SSSR count). The van der Waals surface area contributed by atoms with Gasteiger partial charge in [0.1, 0.15) is 5.75 Å². The van der Waals surface area contributed by atoms with Crippen LogP contribution < -0.4 is 15.4 Å². The number of rotatable bonds is 5. The number of ether oxygens (including phenoxy) is 1. The molecule has 0 radical (unpaired) electrons. The van der Waals surface area contributed by atoms with E-state index in [1.807, 2.05) is 12.1 Å². The first kappa shape index (κ1) is 18.1. The summed E-state index contributed by atoms with van der Waals surface area (Å²) in [5.41, 5.74) is 0.734. The number of methoxy groups -OCH3 is 1. The maximum atomic E-state index is 12.3. The number of hydrogen-bond donors (Lipinski definition) is 2. The molecular formula is C18H27N3O3. The second kappa shape index (κ2) is 8.57. The highest BCUT2D eigenvalue weighted by molar-refractivity contribution is 5.89. The standard InChI is InChI=1S/C18H27N3O3/c1-13(2)12-19-17(22)14-8-10-21(11-9-14)18(23)20-15-4-6-16(24-3)7-5-15/h4-7,13-14H,8-12H2,1-3H3,(H,19,22)(H,20,23). The predicted octanol–water partition coefficient (Wildman–Crippen LogP) is 2.71. The number of carbonyl (C=O) groups excluding carboxylic acids is 2. The first-order chi connectivity index (χ1) is 11.5. The van der Waals surface area contributed by atoms with E-state index in [-0.39, 0.29) is 17.9 Å². The zero-order chi connectivity index (χ0) is 17.5. The Morgan fingerprint density at radius 1 is 1.21 bits per heavy atom. The summed E-state index contributed by atoms with van der Waals surface area (Å²) in [5.74, 6) is 1.32. The number of amides is 3. The molecule has 1 fully saturated rings. The van der Waals surface area contributed by atoms with Gasteiger partial charge in [-0.25, -0.2) is 4.79 Å². The lowest BCUT2D eigenvalue weighted by atomic mass is 9.96. The van der Waals surface area contributed by atoms with E-state index in [0.717, 1.165) is 11.4 Å². The number of likely N-dealkylation sites (tertiary alicyclic amines) is 1. The van der Waals surface area contributed by atoms with Gasteiger partial charge in [0.2, 0.25) is 5.91 Å². The first-order valence-electron chi connectivity index (χ1n) is 8.47. The molecule has 0 aliphatic carbocycles. The number of nitrogens with one attached hydrogen (secondary N) is 2. The maximum Gasteiger partial charge on any atom is 0.321 e. The minimum absolute atomic E-state index is 0.00814. The normalized spacial score (nSPS) is 15.2. The third-order valence-corrected chi connectivity index (χ3v) is 4.18. The van der Waals surface area contributed by atoms with Gasteiger partial charge in [-0.3, -0.25) is 4.79 Å². The van der Waals surface area contributed by atoms with Gasteiger partial charge in [0.15, 0.2) is 0 Å². The monoisotopic (exact) mass is 333 g/mol. The van der Waals surface area contributed by atoms with Gasteiger partial charge in [0.25, 0.3) is 0 Å². The molecule has 1 saturated heterocycles. The molecule has 2 N–H and O–H groups in total. The smallest absolute Gasteiger partial charge is 0.321 e. The van der Waals surface area contributed by atoms with E-state index >= 15 is 0 Å². The van der Waals surface area contributed by atoms with Crippen molar-refractivity contribution in [2.24, 2.45) is 11.8 Å². The lowest BCUT2D eigenvalue weighted by molar-refractivity contribution is -0.126. The third-order valence-electron chi connectivity index (χ3n) is 4.18. The Bertz CT molecular complexity index is 549. The SMILES string of the molecule is COc1ccc(NC(=O)N2CCC(C(=O)NCC(C)C)CC2)cc1. The quantitative estimate of drug-likeness (QED) is 0.870. The Morgan fingerprint density at radius 3 is 2.38 bits per heavy atom. The van der Waals surface area contributed by atoms with E-state index in [1.165, 1.54) is 0 Å². The van der Waals surface area contributed by atoms with Crippen LogP contribution >= 0.6 is 0 Å². The van der Waals surface area contributed by atoms with Crippen LogP contribution in [0.25, 0.3) is 0 Å². The van der Waals surface area contributed by atoms with E-state index < -0.39 is 0 Å². The van der Waals surface area contributed by atoms with Crippen molar-refractivity contribution >= 4 is 17.6 Å². The van der Waals surface area contributed by atoms with Crippen LogP contribution in [0.4, 0.5) is 10.5 Å². The fourth-order valence-corrected chi connectivity index (χ4v) is 2.67. The van der Waals surface area contributed by atoms with Crippen molar-refractivity contribution in [3.63, 3.8) is 0 Å². The summed E-state index contributed by atoms with van der Waals surface area (Å²) in [4.78, 5) is 26.1. The molecule has 1 aromatic carbocycles. The fraction of sp³-hybridized carbons (Fsp3) is 0.556. The molecule has 132 valence electrons. The van der Waals surface area contributed by atoms with E-state index in [4.69, 9.17) is 4.74 Å². The van der Waals surface area contributed by atoms with E-state index in [0.29, 0.717) is 38.4 Å². The summed E-state index contributed by atoms with van der Waals surface area (Å²) in [6.07, 6.45) is 1.42. The van der Waals surface area contributed by atoms with Crippen LogP contribution in [0.15, 0.2) is 24.3 Å². The molecule has 6 heteroatoms. The summed E-state index contributed by atoms with van der Waals surface area (Å²) in [6, 6.07) is 7.11. The molecule has 0 saturated carbocycles. The second-order valence-corrected chi connectivity index (χ2v) is 6.56. The van der Waals surface area contributed by atoms with Crippen LogP contribution in [0, 0.1) is 11.8 Å². The van der Waals surface area contributed by atoms with Gasteiger partial charge in [-0.15, -0.1) is 0 Å². The van der Waals surface area contributed by atoms with Crippen LogP contribution in [0.1, 0.15) is 26.7 Å². The highest BCUT2D eigenvalue weighted by atomic mass is 16.5. The maximum absolute atomic E-state index is 12.3. The minimum Gasteiger partial charge on any atom is -0.497 e. The van der Waals surface area contributed by atoms with Crippen LogP contribution in [0.2, 0.25) is 0 Å². The van der Waals surface area contributed by atoms with Gasteiger partial charge < -0.3 is 20.3 Å². The lowest BCUT2D eigenvalue weighted by Gasteiger charge is -2.31. The van der Waals surface area contributed by atoms with Gasteiger partial charge >= 0.3 is 6.03 Å². The number of hydrogen-bond acceptors (Lipinski definition) is 3. The minimum atomic E-state index is -0.124. The summed E-state index contributed by atoms with van der Waals surface area (Å²) < 4.78 is 5.10. The van der Waals surface area contributed by atoms with Gasteiger partial charge in [-0.1, -0.05) is 13.8 Å². The van der Waals surface area contributed by atoms with E-state index in [2.05, 4.69) is 24.5 Å². The van der Waals surface area contributed by atoms with Crippen molar-refractivity contribution in [2.45, 2.75) is 26.7 Å². The Morgan fingerprint density at radius 2 is 1.83 bits per heavy atom. The molecule has 0 bridgehead atoms. The summed E-state index contributed by atoms with van der Waals surface area (Å²) in [5, 5.41) is 5.85. The molecule has 1 aliphatic rings. The van der Waals surface area contributed by atoms with Crippen molar-refractivity contribution in [1.82, 2.24) is 10.2 Å². The fourth-order valence-electron chi connectivity index (χ4n) is 2.67. The number of anilines is 1. The van der Waals surface area contributed by atoms with Crippen LogP contribution in [-0.4, -0.2) is 43.6 Å².